The van der Waals surface area contributed by atoms with Crippen LogP contribution in [0.25, 0.3) is 0 Å². The Labute approximate surface area is 229 Å². The van der Waals surface area contributed by atoms with Gasteiger partial charge in [0.1, 0.15) is 11.6 Å². The summed E-state index contributed by atoms with van der Waals surface area (Å²) in [6.45, 7) is 1.89. The maximum absolute atomic E-state index is 13.8. The highest BCUT2D eigenvalue weighted by Crippen LogP contribution is 2.35. The van der Waals surface area contributed by atoms with Crippen molar-refractivity contribution in [3.05, 3.63) is 131 Å². The molecule has 40 heavy (non-hydrogen) atoms. The van der Waals surface area contributed by atoms with E-state index in [2.05, 4.69) is 10.6 Å². The number of benzene rings is 4. The Morgan fingerprint density at radius 3 is 2.25 bits per heavy atom. The molecule has 1 aliphatic rings. The minimum absolute atomic E-state index is 0.0124. The second-order valence-electron chi connectivity index (χ2n) is 9.45. The van der Waals surface area contributed by atoms with Crippen molar-refractivity contribution >= 4 is 29.3 Å². The van der Waals surface area contributed by atoms with Crippen LogP contribution < -0.4 is 10.6 Å². The van der Waals surface area contributed by atoms with Crippen LogP contribution in [0.2, 0.25) is 0 Å². The van der Waals surface area contributed by atoms with Gasteiger partial charge < -0.3 is 15.4 Å². The number of carbonyl (C=O) groups excluding carboxylic acids is 3. The molecule has 2 N–H and O–H groups in total. The molecule has 7 nitrogen and oxygen atoms in total. The summed E-state index contributed by atoms with van der Waals surface area (Å²) in [6, 6.07) is 23.7. The molecule has 1 heterocycles. The molecule has 0 spiro atoms. The van der Waals surface area contributed by atoms with Gasteiger partial charge in [-0.15, -0.1) is 0 Å². The van der Waals surface area contributed by atoms with Gasteiger partial charge in [0.25, 0.3) is 11.8 Å². The SMILES string of the molecule is Cc1cccc(C(=O)Nc2ccc([C@@H]3OC(=O)N(Cc4ccc(F)cc4)[C@@H]3C(=O)Nc3cccc(F)c3)cc2)c1. The Kier molecular flexibility index (Phi) is 7.54. The maximum Gasteiger partial charge on any atom is 0.411 e. The monoisotopic (exact) mass is 541 g/mol. The first-order valence-corrected chi connectivity index (χ1v) is 12.5. The first kappa shape index (κ1) is 26.6. The fourth-order valence-electron chi connectivity index (χ4n) is 4.52. The van der Waals surface area contributed by atoms with E-state index in [1.54, 1.807) is 42.5 Å². The summed E-state index contributed by atoms with van der Waals surface area (Å²) >= 11 is 0. The van der Waals surface area contributed by atoms with E-state index in [1.807, 2.05) is 13.0 Å². The molecule has 1 saturated heterocycles. The van der Waals surface area contributed by atoms with Crippen LogP contribution in [0.1, 0.15) is 33.2 Å². The smallest absolute Gasteiger partial charge is 0.411 e. The summed E-state index contributed by atoms with van der Waals surface area (Å²) in [5, 5.41) is 5.49. The van der Waals surface area contributed by atoms with E-state index in [1.165, 1.54) is 53.4 Å². The van der Waals surface area contributed by atoms with E-state index >= 15 is 0 Å². The number of amides is 3. The van der Waals surface area contributed by atoms with Crippen LogP contribution in [0.5, 0.6) is 0 Å². The predicted molar refractivity (Wildman–Crippen MR) is 146 cm³/mol. The van der Waals surface area contributed by atoms with Crippen LogP contribution in [0.15, 0.2) is 97.1 Å². The second-order valence-corrected chi connectivity index (χ2v) is 9.45. The Balaban J connectivity index is 1.39. The largest absolute Gasteiger partial charge is 0.438 e. The molecule has 1 aliphatic heterocycles. The third kappa shape index (κ3) is 5.99. The van der Waals surface area contributed by atoms with Gasteiger partial charge in [-0.3, -0.25) is 14.5 Å². The lowest BCUT2D eigenvalue weighted by Crippen LogP contribution is -2.43. The Hall–Kier alpha value is -5.05. The number of cyclic esters (lactones) is 1. The molecule has 5 rings (SSSR count). The van der Waals surface area contributed by atoms with E-state index in [9.17, 15) is 23.2 Å². The molecule has 0 saturated carbocycles. The maximum atomic E-state index is 13.8. The first-order chi connectivity index (χ1) is 19.3. The fourth-order valence-corrected chi connectivity index (χ4v) is 4.52. The molecule has 4 aromatic carbocycles. The zero-order chi connectivity index (χ0) is 28.2. The standard InChI is InChI=1S/C31H25F2N3O4/c1-19-4-2-5-22(16-19)29(37)34-25-14-10-21(11-15-25)28-27(30(38)35-26-7-3-6-24(33)17-26)36(31(39)40-28)18-20-8-12-23(32)13-9-20/h2-17,27-28H,18H2,1H3,(H,34,37)(H,35,38)/t27-,28-/m0/s1. The lowest BCUT2D eigenvalue weighted by atomic mass is 10.00. The van der Waals surface area contributed by atoms with Crippen LogP contribution in [0.4, 0.5) is 25.0 Å². The van der Waals surface area contributed by atoms with E-state index in [4.69, 9.17) is 4.74 Å². The molecule has 3 amide bonds. The second kappa shape index (κ2) is 11.4. The van der Waals surface area contributed by atoms with Gasteiger partial charge in [0, 0.05) is 16.9 Å². The van der Waals surface area contributed by atoms with Gasteiger partial charge in [0.2, 0.25) is 0 Å². The lowest BCUT2D eigenvalue weighted by molar-refractivity contribution is -0.121. The Bertz CT molecular complexity index is 1560. The molecule has 4 aromatic rings. The topological polar surface area (TPSA) is 87.7 Å². The van der Waals surface area contributed by atoms with Gasteiger partial charge in [0.15, 0.2) is 12.1 Å². The van der Waals surface area contributed by atoms with Crippen molar-refractivity contribution in [2.45, 2.75) is 25.6 Å². The number of anilines is 2. The molecule has 0 aliphatic carbocycles. The van der Waals surface area contributed by atoms with Gasteiger partial charge >= 0.3 is 6.09 Å². The highest BCUT2D eigenvalue weighted by atomic mass is 19.1. The minimum Gasteiger partial charge on any atom is -0.438 e. The fraction of sp³-hybridized carbons (Fsp3) is 0.129. The quantitative estimate of drug-likeness (QED) is 0.291. The van der Waals surface area contributed by atoms with Crippen molar-refractivity contribution in [1.82, 2.24) is 4.90 Å². The van der Waals surface area contributed by atoms with Crippen LogP contribution >= 0.6 is 0 Å². The number of nitrogens with zero attached hydrogens (tertiary/aromatic N) is 1. The van der Waals surface area contributed by atoms with Gasteiger partial charge in [0.05, 0.1) is 6.54 Å². The summed E-state index contributed by atoms with van der Waals surface area (Å²) in [6.07, 6.45) is -1.73. The van der Waals surface area contributed by atoms with Crippen molar-refractivity contribution < 1.29 is 27.9 Å². The third-order valence-electron chi connectivity index (χ3n) is 6.49. The summed E-state index contributed by atoms with van der Waals surface area (Å²) in [4.78, 5) is 40.3. The van der Waals surface area contributed by atoms with Crippen LogP contribution in [0.3, 0.4) is 0 Å². The molecule has 0 bridgehead atoms. The molecule has 9 heteroatoms. The van der Waals surface area contributed by atoms with E-state index in [-0.39, 0.29) is 18.1 Å². The average Bonchev–Trinajstić information content (AvgIpc) is 3.26. The van der Waals surface area contributed by atoms with Crippen molar-refractivity contribution in [3.63, 3.8) is 0 Å². The molecule has 0 radical (unpaired) electrons. The normalized spacial score (nSPS) is 16.4. The number of rotatable bonds is 7. The lowest BCUT2D eigenvalue weighted by Gasteiger charge is -2.24. The molecular weight excluding hydrogens is 516 g/mol. The van der Waals surface area contributed by atoms with Crippen LogP contribution in [0, 0.1) is 18.6 Å². The van der Waals surface area contributed by atoms with E-state index in [0.29, 0.717) is 22.4 Å². The van der Waals surface area contributed by atoms with Gasteiger partial charge in [-0.1, -0.05) is 48.0 Å². The highest BCUT2D eigenvalue weighted by Gasteiger charge is 2.47. The summed E-state index contributed by atoms with van der Waals surface area (Å²) in [5.41, 5.74) is 3.32. The number of hydrogen-bond acceptors (Lipinski definition) is 4. The van der Waals surface area contributed by atoms with Crippen molar-refractivity contribution in [2.75, 3.05) is 10.6 Å². The predicted octanol–water partition coefficient (Wildman–Crippen LogP) is 6.23. The average molecular weight is 542 g/mol. The first-order valence-electron chi connectivity index (χ1n) is 12.5. The zero-order valence-electron chi connectivity index (χ0n) is 21.4. The van der Waals surface area contributed by atoms with E-state index < -0.39 is 35.8 Å². The number of hydrogen-bond donors (Lipinski definition) is 2. The molecular formula is C31H25F2N3O4. The number of nitrogens with one attached hydrogen (secondary N) is 2. The van der Waals surface area contributed by atoms with Crippen LogP contribution in [-0.2, 0) is 16.1 Å². The van der Waals surface area contributed by atoms with Crippen LogP contribution in [-0.4, -0.2) is 28.8 Å². The highest BCUT2D eigenvalue weighted by molar-refractivity contribution is 6.04. The molecule has 0 aromatic heterocycles. The number of carbonyl (C=O) groups is 3. The van der Waals surface area contributed by atoms with E-state index in [0.717, 1.165) is 5.56 Å². The van der Waals surface area contributed by atoms with Crippen molar-refractivity contribution in [1.29, 1.82) is 0 Å². The van der Waals surface area contributed by atoms with Gasteiger partial charge in [-0.05, 0) is 72.6 Å². The number of halogens is 2. The van der Waals surface area contributed by atoms with Gasteiger partial charge in [-0.2, -0.15) is 0 Å². The van der Waals surface area contributed by atoms with Crippen molar-refractivity contribution in [3.8, 4) is 0 Å². The number of aryl methyl sites for hydroxylation is 1. The summed E-state index contributed by atoms with van der Waals surface area (Å²) in [5.74, 6) is -1.82. The summed E-state index contributed by atoms with van der Waals surface area (Å²) in [7, 11) is 0. The van der Waals surface area contributed by atoms with Gasteiger partial charge in [-0.25, -0.2) is 13.6 Å². The number of ether oxygens (including phenoxy) is 1. The molecule has 2 atom stereocenters. The third-order valence-corrected chi connectivity index (χ3v) is 6.49. The zero-order valence-corrected chi connectivity index (χ0v) is 21.4. The molecule has 1 fully saturated rings. The molecule has 202 valence electrons. The summed E-state index contributed by atoms with van der Waals surface area (Å²) < 4.78 is 32.8. The Morgan fingerprint density at radius 1 is 0.825 bits per heavy atom. The van der Waals surface area contributed by atoms with Crippen molar-refractivity contribution in [2.24, 2.45) is 0 Å². The molecule has 0 unspecified atom stereocenters. The Morgan fingerprint density at radius 2 is 1.55 bits per heavy atom. The minimum atomic E-state index is -1.12.